The Hall–Kier alpha value is -2.54. The van der Waals surface area contributed by atoms with Crippen LogP contribution in [-0.2, 0) is 12.8 Å². The minimum Gasteiger partial charge on any atom is -0.507 e. The number of hydrogen-bond donors (Lipinski definition) is 1. The van der Waals surface area contributed by atoms with E-state index in [0.717, 1.165) is 62.5 Å². The Kier molecular flexibility index (Phi) is 4.79. The fourth-order valence-corrected chi connectivity index (χ4v) is 3.76. The molecule has 1 saturated carbocycles. The predicted octanol–water partition coefficient (Wildman–Crippen LogP) is 4.84. The molecule has 0 saturated heterocycles. The fraction of sp³-hybridized carbons (Fsp3) is 0.455. The van der Waals surface area contributed by atoms with E-state index in [4.69, 9.17) is 4.42 Å². The summed E-state index contributed by atoms with van der Waals surface area (Å²) in [6, 6.07) is 12.3. The number of nitrogens with zero attached hydrogens (tertiary/aromatic N) is 1. The molecule has 0 radical (unpaired) electrons. The smallest absolute Gasteiger partial charge is 0.351 e. The third-order valence-electron chi connectivity index (χ3n) is 5.36. The Morgan fingerprint density at radius 1 is 1.08 bits per heavy atom. The number of aromatic hydroxyl groups is 1. The van der Waals surface area contributed by atoms with E-state index in [9.17, 15) is 9.90 Å². The van der Waals surface area contributed by atoms with Crippen LogP contribution >= 0.6 is 0 Å². The van der Waals surface area contributed by atoms with Crippen LogP contribution in [0.3, 0.4) is 0 Å². The summed E-state index contributed by atoms with van der Waals surface area (Å²) in [7, 11) is 0. The lowest BCUT2D eigenvalue weighted by Crippen LogP contribution is -2.16. The summed E-state index contributed by atoms with van der Waals surface area (Å²) in [6.07, 6.45) is 7.84. The molecule has 1 aromatic heterocycles. The molecule has 1 N–H and O–H groups in total. The van der Waals surface area contributed by atoms with Crippen molar-refractivity contribution in [3.8, 4) is 11.8 Å². The van der Waals surface area contributed by atoms with E-state index in [0.29, 0.717) is 11.3 Å². The van der Waals surface area contributed by atoms with Gasteiger partial charge in [0.05, 0.1) is 0 Å². The highest BCUT2D eigenvalue weighted by Crippen LogP contribution is 2.46. The number of hydrogen-bond acceptors (Lipinski definition) is 3. The van der Waals surface area contributed by atoms with Gasteiger partial charge in [-0.2, -0.15) is 0 Å². The zero-order chi connectivity index (χ0) is 17.9. The molecule has 4 nitrogen and oxygen atoms in total. The van der Waals surface area contributed by atoms with E-state index in [1.165, 1.54) is 0 Å². The molecule has 2 aromatic rings. The van der Waals surface area contributed by atoms with Gasteiger partial charge >= 0.3 is 17.7 Å². The standard InChI is InChI=1S/C22H23NO3/c24-21-17-10-6-1-2-7-11-18(17)26-22(25)19(21)20(16-12-13-16)23-14-15-8-4-3-5-9-15/h3-5,8-9,16,20H,1-2,6-7,10-13H2/p+1. The Labute approximate surface area is 153 Å². The Morgan fingerprint density at radius 3 is 2.54 bits per heavy atom. The van der Waals surface area contributed by atoms with Crippen molar-refractivity contribution in [2.45, 2.75) is 57.4 Å². The molecule has 1 aromatic carbocycles. The molecule has 0 spiro atoms. The first-order chi connectivity index (χ1) is 12.7. The molecule has 2 aliphatic carbocycles. The van der Waals surface area contributed by atoms with Crippen LogP contribution in [0.5, 0.6) is 5.75 Å². The van der Waals surface area contributed by atoms with E-state index < -0.39 is 5.63 Å². The van der Waals surface area contributed by atoms with Crippen molar-refractivity contribution in [1.82, 2.24) is 0 Å². The van der Waals surface area contributed by atoms with Crippen LogP contribution < -0.4 is 5.63 Å². The molecule has 4 rings (SSSR count). The third-order valence-corrected chi connectivity index (χ3v) is 5.36. The second kappa shape index (κ2) is 7.37. The largest absolute Gasteiger partial charge is 0.507 e. The molecule has 2 aliphatic rings. The van der Waals surface area contributed by atoms with Crippen LogP contribution in [0.1, 0.15) is 67.0 Å². The van der Waals surface area contributed by atoms with Crippen molar-refractivity contribution in [3.05, 3.63) is 68.0 Å². The molecule has 1 fully saturated rings. The Morgan fingerprint density at radius 2 is 1.81 bits per heavy atom. The van der Waals surface area contributed by atoms with E-state index in [2.05, 4.69) is 10.9 Å². The van der Waals surface area contributed by atoms with Crippen LogP contribution in [0.25, 0.3) is 4.85 Å². The van der Waals surface area contributed by atoms with E-state index in [1.54, 1.807) is 0 Å². The van der Waals surface area contributed by atoms with Crippen molar-refractivity contribution < 1.29 is 9.52 Å². The van der Waals surface area contributed by atoms with Crippen LogP contribution in [0, 0.1) is 12.0 Å². The van der Waals surface area contributed by atoms with Gasteiger partial charge in [-0.05, 0) is 44.2 Å². The zero-order valence-electron chi connectivity index (χ0n) is 14.9. The summed E-state index contributed by atoms with van der Waals surface area (Å²) < 4.78 is 5.65. The van der Waals surface area contributed by atoms with Gasteiger partial charge in [-0.3, -0.25) is 0 Å². The third kappa shape index (κ3) is 3.53. The summed E-state index contributed by atoms with van der Waals surface area (Å²) in [6.45, 7) is 0. The normalized spacial score (nSPS) is 18.0. The van der Waals surface area contributed by atoms with Gasteiger partial charge in [0.2, 0.25) is 0 Å². The van der Waals surface area contributed by atoms with Crippen LogP contribution in [0.2, 0.25) is 0 Å². The predicted molar refractivity (Wildman–Crippen MR) is 101 cm³/mol. The molecule has 0 aliphatic heterocycles. The maximum absolute atomic E-state index is 12.7. The fourth-order valence-electron chi connectivity index (χ4n) is 3.76. The monoisotopic (exact) mass is 350 g/mol. The highest BCUT2D eigenvalue weighted by Gasteiger charge is 2.45. The van der Waals surface area contributed by atoms with Gasteiger partial charge < -0.3 is 9.52 Å². The van der Waals surface area contributed by atoms with Crippen molar-refractivity contribution >= 4 is 0 Å². The lowest BCUT2D eigenvalue weighted by atomic mass is 9.94. The van der Waals surface area contributed by atoms with Crippen LogP contribution in [-0.4, -0.2) is 5.11 Å². The molecule has 4 heteroatoms. The van der Waals surface area contributed by atoms with Gasteiger partial charge in [-0.25, -0.2) is 4.79 Å². The number of benzene rings is 1. The van der Waals surface area contributed by atoms with Crippen molar-refractivity contribution in [1.29, 1.82) is 0 Å². The van der Waals surface area contributed by atoms with E-state index >= 15 is 0 Å². The van der Waals surface area contributed by atoms with Gasteiger partial charge in [-0.1, -0.05) is 35.9 Å². The van der Waals surface area contributed by atoms with Gasteiger partial charge in [0, 0.05) is 17.9 Å². The summed E-state index contributed by atoms with van der Waals surface area (Å²) in [5.41, 5.74) is 1.58. The summed E-state index contributed by atoms with van der Waals surface area (Å²) in [4.78, 5) is 17.2. The molecule has 134 valence electrons. The van der Waals surface area contributed by atoms with Crippen LogP contribution in [0.4, 0.5) is 0 Å². The molecule has 26 heavy (non-hydrogen) atoms. The molecular formula is C22H24NO3+. The number of aryl methyl sites for hydroxylation is 1. The second-order valence-electron chi connectivity index (χ2n) is 7.36. The first kappa shape index (κ1) is 16.9. The molecule has 1 atom stereocenters. The Balaban J connectivity index is 1.76. The number of rotatable bonds is 2. The molecule has 0 amide bonds. The maximum atomic E-state index is 12.7. The molecule has 0 bridgehead atoms. The zero-order valence-corrected chi connectivity index (χ0v) is 14.9. The van der Waals surface area contributed by atoms with Gasteiger partial charge in [0.25, 0.3) is 0 Å². The average Bonchev–Trinajstić information content (AvgIpc) is 3.45. The number of fused-ring (bicyclic) bond motifs is 1. The van der Waals surface area contributed by atoms with Gasteiger partial charge in [-0.15, -0.1) is 0 Å². The van der Waals surface area contributed by atoms with Gasteiger partial charge in [0.1, 0.15) is 17.1 Å². The second-order valence-corrected chi connectivity index (χ2v) is 7.36. The summed E-state index contributed by atoms with van der Waals surface area (Å²) in [5.74, 6) is 1.07. The Bertz CT molecular complexity index is 901. The van der Waals surface area contributed by atoms with Crippen molar-refractivity contribution in [2.24, 2.45) is 5.92 Å². The highest BCUT2D eigenvalue weighted by molar-refractivity contribution is 5.45. The minimum atomic E-state index is -0.433. The molecule has 1 unspecified atom stereocenters. The van der Waals surface area contributed by atoms with E-state index in [-0.39, 0.29) is 17.7 Å². The quantitative estimate of drug-likeness (QED) is 0.843. The summed E-state index contributed by atoms with van der Waals surface area (Å²) in [5, 5.41) is 10.9. The first-order valence-corrected chi connectivity index (χ1v) is 9.62. The summed E-state index contributed by atoms with van der Waals surface area (Å²) >= 11 is 0. The molecule has 1 heterocycles. The van der Waals surface area contributed by atoms with Crippen LogP contribution in [0.15, 0.2) is 39.5 Å². The van der Waals surface area contributed by atoms with Crippen molar-refractivity contribution in [2.75, 3.05) is 0 Å². The van der Waals surface area contributed by atoms with Crippen molar-refractivity contribution in [3.63, 3.8) is 0 Å². The highest BCUT2D eigenvalue weighted by atomic mass is 16.4. The topological polar surface area (TPSA) is 54.8 Å². The minimum absolute atomic E-state index is 0.119. The molecular weight excluding hydrogens is 326 g/mol. The lowest BCUT2D eigenvalue weighted by Gasteiger charge is -2.15. The van der Waals surface area contributed by atoms with E-state index in [1.807, 2.05) is 30.3 Å². The van der Waals surface area contributed by atoms with Gasteiger partial charge in [0.15, 0.2) is 5.56 Å². The first-order valence-electron chi connectivity index (χ1n) is 9.62. The SMILES string of the molecule is O=c1oc2c(c(O)c1C([N+]#Cc1ccccc1)C1CC1)CCCCCC2. The average molecular weight is 350 g/mol. The lowest BCUT2D eigenvalue weighted by molar-refractivity contribution is 0.383. The maximum Gasteiger partial charge on any atom is 0.351 e.